The number of aromatic nitrogens is 2. The summed E-state index contributed by atoms with van der Waals surface area (Å²) in [5.41, 5.74) is 10.4. The molecule has 0 saturated carbocycles. The summed E-state index contributed by atoms with van der Waals surface area (Å²) in [7, 11) is 1.00. The predicted molar refractivity (Wildman–Crippen MR) is 95.2 cm³/mol. The summed E-state index contributed by atoms with van der Waals surface area (Å²) in [5.74, 6) is -1.77. The zero-order valence-corrected chi connectivity index (χ0v) is 15.9. The summed E-state index contributed by atoms with van der Waals surface area (Å²) in [4.78, 5) is 36.6. The van der Waals surface area contributed by atoms with Gasteiger partial charge >= 0.3 is 12.0 Å². The number of amides is 3. The smallest absolute Gasteiger partial charge is 0.323 e. The van der Waals surface area contributed by atoms with E-state index >= 15 is 0 Å². The van der Waals surface area contributed by atoms with Crippen LogP contribution in [0, 0.1) is 0 Å². The van der Waals surface area contributed by atoms with Crippen LogP contribution in [-0.4, -0.2) is 63.6 Å². The molecule has 13 heteroatoms. The third-order valence-electron chi connectivity index (χ3n) is 2.08. The van der Waals surface area contributed by atoms with Crippen LogP contribution < -0.4 is 22.1 Å². The number of aliphatic hydroxyl groups excluding tert-OH is 2. The van der Waals surface area contributed by atoms with Gasteiger partial charge in [-0.15, -0.1) is 0 Å². The number of primary amides is 1. The Labute approximate surface area is 157 Å². The van der Waals surface area contributed by atoms with Gasteiger partial charge in [-0.05, 0) is 6.92 Å². The van der Waals surface area contributed by atoms with E-state index in [9.17, 15) is 14.4 Å². The number of rotatable bonds is 7. The van der Waals surface area contributed by atoms with E-state index < -0.39 is 30.5 Å². The molecule has 0 fully saturated rings. The summed E-state index contributed by atoms with van der Waals surface area (Å²) in [5, 5.41) is 30.9. The molecule has 1 heterocycles. The number of hydrogen-bond donors (Lipinski definition) is 7. The van der Waals surface area contributed by atoms with Crippen molar-refractivity contribution >= 4 is 17.9 Å². The molecule has 13 nitrogen and oxygen atoms in total. The van der Waals surface area contributed by atoms with Crippen LogP contribution in [-0.2, 0) is 16.1 Å². The van der Waals surface area contributed by atoms with Gasteiger partial charge in [-0.1, -0.05) is 19.0 Å². The highest BCUT2D eigenvalue weighted by Gasteiger charge is 2.23. The summed E-state index contributed by atoms with van der Waals surface area (Å²) >= 11 is 0. The van der Waals surface area contributed by atoms with Crippen molar-refractivity contribution in [1.82, 2.24) is 20.8 Å². The van der Waals surface area contributed by atoms with Crippen molar-refractivity contribution in [2.24, 2.45) is 11.5 Å². The van der Waals surface area contributed by atoms with Crippen molar-refractivity contribution in [2.45, 2.75) is 39.8 Å². The Balaban J connectivity index is -0.000000725. The molecular formula is C14H30N6O7. The number of urea groups is 1. The zero-order chi connectivity index (χ0) is 21.8. The molecule has 1 rings (SSSR count). The van der Waals surface area contributed by atoms with Crippen molar-refractivity contribution in [3.63, 3.8) is 0 Å². The van der Waals surface area contributed by atoms with Crippen molar-refractivity contribution in [1.29, 1.82) is 0 Å². The summed E-state index contributed by atoms with van der Waals surface area (Å²) in [6, 6.07) is -1.78. The first-order valence-electron chi connectivity index (χ1n) is 7.96. The monoisotopic (exact) mass is 394 g/mol. The van der Waals surface area contributed by atoms with Crippen molar-refractivity contribution in [2.75, 3.05) is 20.3 Å². The Bertz CT molecular complexity index is 524. The average molecular weight is 394 g/mol. The SMILES string of the molecule is CC.CCO.CO.NCc1noc([C@@H](CC(N)=O)NC(=O)NCC(=O)O)n1. The van der Waals surface area contributed by atoms with Crippen molar-refractivity contribution in [3.05, 3.63) is 11.7 Å². The van der Waals surface area contributed by atoms with Gasteiger partial charge in [0.1, 0.15) is 12.6 Å². The fourth-order valence-corrected chi connectivity index (χ4v) is 1.26. The molecule has 158 valence electrons. The largest absolute Gasteiger partial charge is 0.480 e. The Morgan fingerprint density at radius 3 is 2.15 bits per heavy atom. The first kappa shape index (κ1) is 29.0. The molecule has 0 radical (unpaired) electrons. The average Bonchev–Trinajstić information content (AvgIpc) is 3.12. The lowest BCUT2D eigenvalue weighted by Gasteiger charge is -2.13. The lowest BCUT2D eigenvalue weighted by molar-refractivity contribution is -0.135. The normalized spacial score (nSPS) is 9.74. The second-order valence-corrected chi connectivity index (χ2v) is 4.01. The Kier molecular flexibility index (Phi) is 21.0. The fourth-order valence-electron chi connectivity index (χ4n) is 1.26. The molecule has 0 bridgehead atoms. The summed E-state index contributed by atoms with van der Waals surface area (Å²) in [6.45, 7) is 5.38. The number of nitrogens with zero attached hydrogens (tertiary/aromatic N) is 2. The fraction of sp³-hybridized carbons (Fsp3) is 0.643. The molecule has 0 spiro atoms. The minimum Gasteiger partial charge on any atom is -0.480 e. The van der Waals surface area contributed by atoms with E-state index in [4.69, 9.17) is 31.3 Å². The van der Waals surface area contributed by atoms with Crippen molar-refractivity contribution in [3.8, 4) is 0 Å². The lowest BCUT2D eigenvalue weighted by Crippen LogP contribution is -2.41. The first-order chi connectivity index (χ1) is 12.8. The highest BCUT2D eigenvalue weighted by atomic mass is 16.5. The van der Waals surface area contributed by atoms with Crippen LogP contribution in [0.3, 0.4) is 0 Å². The molecule has 0 aliphatic carbocycles. The van der Waals surface area contributed by atoms with E-state index in [2.05, 4.69) is 20.8 Å². The maximum Gasteiger partial charge on any atom is 0.323 e. The van der Waals surface area contributed by atoms with Gasteiger partial charge in [0.05, 0.1) is 13.0 Å². The summed E-state index contributed by atoms with van der Waals surface area (Å²) < 4.78 is 4.84. The van der Waals surface area contributed by atoms with Crippen LogP contribution in [0.5, 0.6) is 0 Å². The van der Waals surface area contributed by atoms with Gasteiger partial charge in [-0.25, -0.2) is 4.79 Å². The van der Waals surface area contributed by atoms with E-state index in [-0.39, 0.29) is 31.3 Å². The highest BCUT2D eigenvalue weighted by Crippen LogP contribution is 2.14. The van der Waals surface area contributed by atoms with Gasteiger partial charge < -0.3 is 41.9 Å². The van der Waals surface area contributed by atoms with E-state index in [1.54, 1.807) is 6.92 Å². The maximum atomic E-state index is 11.4. The molecule has 1 atom stereocenters. The zero-order valence-electron chi connectivity index (χ0n) is 15.9. The number of carboxylic acid groups (broad SMARTS) is 1. The topological polar surface area (TPSA) is 227 Å². The Morgan fingerprint density at radius 1 is 1.26 bits per heavy atom. The van der Waals surface area contributed by atoms with Gasteiger partial charge in [-0.3, -0.25) is 9.59 Å². The third kappa shape index (κ3) is 16.4. The Hall–Kier alpha value is -2.77. The van der Waals surface area contributed by atoms with Crippen LogP contribution in [0.2, 0.25) is 0 Å². The van der Waals surface area contributed by atoms with Crippen LogP contribution in [0.4, 0.5) is 4.79 Å². The predicted octanol–water partition coefficient (Wildman–Crippen LogP) is -1.54. The highest BCUT2D eigenvalue weighted by molar-refractivity contribution is 5.81. The number of nitrogens with two attached hydrogens (primary N) is 2. The molecule has 0 unspecified atom stereocenters. The van der Waals surface area contributed by atoms with Gasteiger partial charge in [0.25, 0.3) is 0 Å². The number of hydrogen-bond acceptors (Lipinski definition) is 9. The molecular weight excluding hydrogens is 364 g/mol. The second-order valence-electron chi connectivity index (χ2n) is 4.01. The van der Waals surface area contributed by atoms with Gasteiger partial charge in [0, 0.05) is 13.7 Å². The second kappa shape index (κ2) is 19.6. The molecule has 3 amide bonds. The molecule has 27 heavy (non-hydrogen) atoms. The first-order valence-corrected chi connectivity index (χ1v) is 7.96. The van der Waals surface area contributed by atoms with E-state index in [1.165, 1.54) is 0 Å². The number of carbonyl (C=O) groups is 3. The van der Waals surface area contributed by atoms with Gasteiger partial charge in [0.15, 0.2) is 5.82 Å². The Morgan fingerprint density at radius 2 is 1.78 bits per heavy atom. The number of aliphatic hydroxyl groups is 2. The van der Waals surface area contributed by atoms with Crippen LogP contribution in [0.25, 0.3) is 0 Å². The minimum absolute atomic E-state index is 0.0258. The molecule has 1 aromatic rings. The van der Waals surface area contributed by atoms with Crippen LogP contribution in [0.1, 0.15) is 44.9 Å². The third-order valence-corrected chi connectivity index (χ3v) is 2.08. The van der Waals surface area contributed by atoms with E-state index in [1.807, 2.05) is 13.8 Å². The maximum absolute atomic E-state index is 11.4. The summed E-state index contributed by atoms with van der Waals surface area (Å²) in [6.07, 6.45) is -0.285. The van der Waals surface area contributed by atoms with Crippen LogP contribution in [0.15, 0.2) is 4.52 Å². The number of carbonyl (C=O) groups excluding carboxylic acids is 2. The molecule has 9 N–H and O–H groups in total. The molecule has 0 aliphatic rings. The standard InChI is InChI=1S/C9H14N6O5.C2H6O.C2H6.CH4O/c10-2-6-14-8(20-15-6)4(1-5(11)16)13-9(19)12-3-7(17)18;1-2-3;2*1-2/h4H,1-3,10H2,(H2,11,16)(H,17,18)(H2,12,13,19);3H,2H2,1H3;1-2H3;2H,1H3/t4-;;;/m1.../s1. The van der Waals surface area contributed by atoms with Gasteiger partial charge in [0.2, 0.25) is 11.8 Å². The number of aliphatic carboxylic acids is 1. The quantitative estimate of drug-likeness (QED) is 0.282. The molecule has 0 aromatic carbocycles. The molecule has 1 aromatic heterocycles. The van der Waals surface area contributed by atoms with E-state index in [0.717, 1.165) is 7.11 Å². The van der Waals surface area contributed by atoms with Gasteiger partial charge in [-0.2, -0.15) is 4.98 Å². The minimum atomic E-state index is -1.21. The van der Waals surface area contributed by atoms with E-state index in [0.29, 0.717) is 0 Å². The lowest BCUT2D eigenvalue weighted by atomic mass is 10.2. The molecule has 0 aliphatic heterocycles. The number of nitrogens with one attached hydrogen (secondary N) is 2. The van der Waals surface area contributed by atoms with Crippen LogP contribution >= 0.6 is 0 Å². The van der Waals surface area contributed by atoms with Crippen molar-refractivity contribution < 1.29 is 34.2 Å². The molecule has 0 saturated heterocycles. The number of carboxylic acids is 1.